The summed E-state index contributed by atoms with van der Waals surface area (Å²) in [5.41, 5.74) is -0.208. The zero-order chi connectivity index (χ0) is 13.7. The van der Waals surface area contributed by atoms with Gasteiger partial charge in [0.1, 0.15) is 11.4 Å². The zero-order valence-electron chi connectivity index (χ0n) is 11.3. The summed E-state index contributed by atoms with van der Waals surface area (Å²) in [6.45, 7) is 5.01. The van der Waals surface area contributed by atoms with Gasteiger partial charge in [-0.2, -0.15) is 5.26 Å². The lowest BCUT2D eigenvalue weighted by molar-refractivity contribution is 0.197. The van der Waals surface area contributed by atoms with E-state index in [-0.39, 0.29) is 5.82 Å². The summed E-state index contributed by atoms with van der Waals surface area (Å²) >= 11 is 0. The number of nitrogens with one attached hydrogen (secondary N) is 1. The van der Waals surface area contributed by atoms with E-state index in [4.69, 9.17) is 0 Å². The fraction of sp³-hybridized carbons (Fsp3) is 0.533. The van der Waals surface area contributed by atoms with E-state index in [9.17, 15) is 9.65 Å². The van der Waals surface area contributed by atoms with Crippen molar-refractivity contribution in [2.45, 2.75) is 31.7 Å². The summed E-state index contributed by atoms with van der Waals surface area (Å²) in [7, 11) is 0. The third-order valence-corrected chi connectivity index (χ3v) is 3.71. The van der Waals surface area contributed by atoms with Crippen molar-refractivity contribution < 1.29 is 4.39 Å². The second-order valence-electron chi connectivity index (χ2n) is 5.14. The number of para-hydroxylation sites is 1. The van der Waals surface area contributed by atoms with Crippen molar-refractivity contribution >= 4 is 5.69 Å². The largest absolute Gasteiger partial charge is 0.365 e. The SMILES string of the molecule is CCCN1CCC(C#N)(Nc2ccccc2F)CC1. The van der Waals surface area contributed by atoms with Gasteiger partial charge in [-0.3, -0.25) is 0 Å². The van der Waals surface area contributed by atoms with Crippen LogP contribution in [0, 0.1) is 17.1 Å². The maximum Gasteiger partial charge on any atom is 0.146 e. The number of anilines is 1. The van der Waals surface area contributed by atoms with E-state index < -0.39 is 5.54 Å². The maximum absolute atomic E-state index is 13.7. The third kappa shape index (κ3) is 3.24. The molecule has 4 heteroatoms. The average Bonchev–Trinajstić information content (AvgIpc) is 2.44. The van der Waals surface area contributed by atoms with Crippen LogP contribution in [-0.2, 0) is 0 Å². The predicted molar refractivity (Wildman–Crippen MR) is 74.3 cm³/mol. The molecule has 1 heterocycles. The second-order valence-corrected chi connectivity index (χ2v) is 5.14. The standard InChI is InChI=1S/C15H20FN3/c1-2-9-19-10-7-15(12-17,8-11-19)18-14-6-4-3-5-13(14)16/h3-6,18H,2,7-11H2,1H3. The van der Waals surface area contributed by atoms with Crippen LogP contribution in [0.3, 0.4) is 0 Å². The highest BCUT2D eigenvalue weighted by atomic mass is 19.1. The van der Waals surface area contributed by atoms with Crippen molar-refractivity contribution in [1.82, 2.24) is 4.90 Å². The number of halogens is 1. The number of nitriles is 1. The van der Waals surface area contributed by atoms with Crippen LogP contribution < -0.4 is 5.32 Å². The molecule has 1 aromatic rings. The van der Waals surface area contributed by atoms with Crippen LogP contribution >= 0.6 is 0 Å². The molecule has 0 atom stereocenters. The van der Waals surface area contributed by atoms with Gasteiger partial charge in [0, 0.05) is 13.1 Å². The molecule has 1 aromatic carbocycles. The molecule has 2 rings (SSSR count). The minimum Gasteiger partial charge on any atom is -0.365 e. The third-order valence-electron chi connectivity index (χ3n) is 3.71. The fourth-order valence-corrected chi connectivity index (χ4v) is 2.56. The van der Waals surface area contributed by atoms with Crippen LogP contribution in [0.25, 0.3) is 0 Å². The Balaban J connectivity index is 2.05. The molecule has 1 N–H and O–H groups in total. The van der Waals surface area contributed by atoms with Gasteiger partial charge < -0.3 is 10.2 Å². The van der Waals surface area contributed by atoms with E-state index in [1.165, 1.54) is 6.07 Å². The summed E-state index contributed by atoms with van der Waals surface area (Å²) in [6, 6.07) is 8.89. The highest BCUT2D eigenvalue weighted by Gasteiger charge is 2.34. The van der Waals surface area contributed by atoms with Gasteiger partial charge in [-0.25, -0.2) is 4.39 Å². The molecule has 0 aliphatic carbocycles. The Bertz CT molecular complexity index is 459. The minimum atomic E-state index is -0.633. The van der Waals surface area contributed by atoms with Crippen LogP contribution in [-0.4, -0.2) is 30.1 Å². The fourth-order valence-electron chi connectivity index (χ4n) is 2.56. The molecule has 1 aliphatic rings. The van der Waals surface area contributed by atoms with Gasteiger partial charge in [0.25, 0.3) is 0 Å². The summed E-state index contributed by atoms with van der Waals surface area (Å²) in [5, 5.41) is 12.6. The number of nitrogens with zero attached hydrogens (tertiary/aromatic N) is 2. The number of hydrogen-bond donors (Lipinski definition) is 1. The Morgan fingerprint density at radius 3 is 2.63 bits per heavy atom. The Morgan fingerprint density at radius 2 is 2.05 bits per heavy atom. The molecule has 0 radical (unpaired) electrons. The Hall–Kier alpha value is -1.60. The van der Waals surface area contributed by atoms with Gasteiger partial charge in [0.05, 0.1) is 11.8 Å². The summed E-state index contributed by atoms with van der Waals surface area (Å²) in [6.07, 6.45) is 2.59. The number of piperidine rings is 1. The molecule has 1 fully saturated rings. The highest BCUT2D eigenvalue weighted by molar-refractivity contribution is 5.49. The molecule has 0 unspecified atom stereocenters. The summed E-state index contributed by atoms with van der Waals surface area (Å²) in [5.74, 6) is -0.298. The predicted octanol–water partition coefficient (Wildman–Crippen LogP) is 3.01. The van der Waals surface area contributed by atoms with Crippen LogP contribution in [0.15, 0.2) is 24.3 Å². The van der Waals surface area contributed by atoms with Crippen LogP contribution in [0.2, 0.25) is 0 Å². The lowest BCUT2D eigenvalue weighted by Crippen LogP contribution is -2.48. The molecular formula is C15H20FN3. The van der Waals surface area contributed by atoms with Crippen molar-refractivity contribution in [2.75, 3.05) is 25.0 Å². The van der Waals surface area contributed by atoms with E-state index in [0.29, 0.717) is 5.69 Å². The Labute approximate surface area is 114 Å². The van der Waals surface area contributed by atoms with E-state index in [0.717, 1.165) is 38.9 Å². The number of benzene rings is 1. The van der Waals surface area contributed by atoms with Crippen LogP contribution in [0.4, 0.5) is 10.1 Å². The van der Waals surface area contributed by atoms with Gasteiger partial charge in [0.2, 0.25) is 0 Å². The molecule has 3 nitrogen and oxygen atoms in total. The quantitative estimate of drug-likeness (QED) is 0.905. The zero-order valence-corrected chi connectivity index (χ0v) is 11.3. The molecule has 0 aromatic heterocycles. The summed E-state index contributed by atoms with van der Waals surface area (Å²) < 4.78 is 13.7. The normalized spacial score (nSPS) is 18.8. The Morgan fingerprint density at radius 1 is 1.37 bits per heavy atom. The first-order chi connectivity index (χ1) is 9.19. The molecule has 0 bridgehead atoms. The summed E-state index contributed by atoms with van der Waals surface area (Å²) in [4.78, 5) is 2.36. The number of likely N-dealkylation sites (tertiary alicyclic amines) is 1. The molecule has 0 spiro atoms. The molecular weight excluding hydrogens is 241 g/mol. The van der Waals surface area contributed by atoms with E-state index >= 15 is 0 Å². The van der Waals surface area contributed by atoms with Crippen LogP contribution in [0.5, 0.6) is 0 Å². The molecule has 1 aliphatic heterocycles. The van der Waals surface area contributed by atoms with E-state index in [1.54, 1.807) is 18.2 Å². The van der Waals surface area contributed by atoms with Gasteiger partial charge >= 0.3 is 0 Å². The van der Waals surface area contributed by atoms with Gasteiger partial charge in [-0.15, -0.1) is 0 Å². The lowest BCUT2D eigenvalue weighted by Gasteiger charge is -2.38. The van der Waals surface area contributed by atoms with E-state index in [1.807, 2.05) is 0 Å². The first-order valence-electron chi connectivity index (χ1n) is 6.85. The van der Waals surface area contributed by atoms with E-state index in [2.05, 4.69) is 23.2 Å². The molecule has 0 saturated carbocycles. The van der Waals surface area contributed by atoms with Crippen molar-refractivity contribution in [3.63, 3.8) is 0 Å². The average molecular weight is 261 g/mol. The first kappa shape index (κ1) is 13.8. The van der Waals surface area contributed by atoms with Crippen molar-refractivity contribution in [1.29, 1.82) is 5.26 Å². The van der Waals surface area contributed by atoms with Gasteiger partial charge in [-0.05, 0) is 37.9 Å². The molecule has 19 heavy (non-hydrogen) atoms. The first-order valence-corrected chi connectivity index (χ1v) is 6.85. The molecule has 0 amide bonds. The lowest BCUT2D eigenvalue weighted by atomic mass is 9.88. The van der Waals surface area contributed by atoms with Gasteiger partial charge in [0.15, 0.2) is 0 Å². The van der Waals surface area contributed by atoms with Gasteiger partial charge in [-0.1, -0.05) is 19.1 Å². The van der Waals surface area contributed by atoms with Crippen molar-refractivity contribution in [3.8, 4) is 6.07 Å². The van der Waals surface area contributed by atoms with Crippen molar-refractivity contribution in [2.24, 2.45) is 0 Å². The minimum absolute atomic E-state index is 0.298. The van der Waals surface area contributed by atoms with Crippen LogP contribution in [0.1, 0.15) is 26.2 Å². The molecule has 102 valence electrons. The number of hydrogen-bond acceptors (Lipinski definition) is 3. The smallest absolute Gasteiger partial charge is 0.146 e. The topological polar surface area (TPSA) is 39.1 Å². The monoisotopic (exact) mass is 261 g/mol. The second kappa shape index (κ2) is 6.03. The molecule has 1 saturated heterocycles. The van der Waals surface area contributed by atoms with Crippen molar-refractivity contribution in [3.05, 3.63) is 30.1 Å². The maximum atomic E-state index is 13.7. The Kier molecular flexibility index (Phi) is 4.39. The highest BCUT2D eigenvalue weighted by Crippen LogP contribution is 2.27. The number of rotatable bonds is 4.